The number of hydrogen-bond acceptors (Lipinski definition) is 5. The Morgan fingerprint density at radius 3 is 1.66 bits per heavy atom. The van der Waals surface area contributed by atoms with Crippen LogP contribution in [0.1, 0.15) is 0 Å². The number of aromatic nitrogens is 3. The van der Waals surface area contributed by atoms with Gasteiger partial charge in [-0.05, 0) is 75.8 Å². The van der Waals surface area contributed by atoms with Gasteiger partial charge in [0.05, 0.1) is 5.56 Å². The molecule has 11 rings (SSSR count). The van der Waals surface area contributed by atoms with Gasteiger partial charge in [0.2, 0.25) is 0 Å². The number of hydrogen-bond donors (Lipinski definition) is 0. The Balaban J connectivity index is 1.09. The number of fused-ring (bicyclic) bond motifs is 6. The van der Waals surface area contributed by atoms with Crippen LogP contribution in [0.3, 0.4) is 0 Å². The van der Waals surface area contributed by atoms with Crippen molar-refractivity contribution < 1.29 is 4.42 Å². The summed E-state index contributed by atoms with van der Waals surface area (Å²) in [5, 5.41) is 4.60. The maximum Gasteiger partial charge on any atom is 0.167 e. The molecule has 262 valence electrons. The van der Waals surface area contributed by atoms with Crippen molar-refractivity contribution in [1.29, 1.82) is 0 Å². The van der Waals surface area contributed by atoms with Gasteiger partial charge in [0.1, 0.15) is 11.2 Å². The van der Waals surface area contributed by atoms with Crippen molar-refractivity contribution in [3.05, 3.63) is 188 Å². The van der Waals surface area contributed by atoms with Crippen LogP contribution in [0.25, 0.3) is 110 Å². The molecule has 8 aromatic carbocycles. The smallest absolute Gasteiger partial charge is 0.167 e. The van der Waals surface area contributed by atoms with E-state index in [1.807, 2.05) is 78.1 Å². The highest BCUT2D eigenvalue weighted by Gasteiger charge is 2.20. The molecule has 0 radical (unpaired) electrons. The van der Waals surface area contributed by atoms with Crippen LogP contribution in [0, 0.1) is 0 Å². The summed E-state index contributed by atoms with van der Waals surface area (Å²) in [7, 11) is 0. The van der Waals surface area contributed by atoms with Gasteiger partial charge in [-0.1, -0.05) is 146 Å². The van der Waals surface area contributed by atoms with Gasteiger partial charge in [0, 0.05) is 42.1 Å². The van der Waals surface area contributed by atoms with Gasteiger partial charge in [-0.25, -0.2) is 15.0 Å². The first kappa shape index (κ1) is 32.2. The third kappa shape index (κ3) is 5.56. The fraction of sp³-hybridized carbons (Fsp3) is 0. The molecule has 11 aromatic rings. The normalized spacial score (nSPS) is 11.6. The summed E-state index contributed by atoms with van der Waals surface area (Å²) in [6, 6.07) is 65.8. The van der Waals surface area contributed by atoms with Gasteiger partial charge in [-0.15, -0.1) is 11.3 Å². The van der Waals surface area contributed by atoms with E-state index in [2.05, 4.69) is 121 Å². The third-order valence-electron chi connectivity index (χ3n) is 10.5. The molecule has 0 aliphatic rings. The van der Waals surface area contributed by atoms with E-state index in [1.165, 1.54) is 48.0 Å². The highest BCUT2D eigenvalue weighted by atomic mass is 32.1. The SMILES string of the molecule is c1ccc(-c2cccc(-c3cc(-c4ccc5oc6c(-c7nc(-c8ccccc8)nc(-c8ccccc8)n7)cccc6c5c4)c4c(c3)sc3ccccc34)c2)cc1. The van der Waals surface area contributed by atoms with Crippen LogP contribution in [0.2, 0.25) is 0 Å². The van der Waals surface area contributed by atoms with Crippen LogP contribution >= 0.6 is 11.3 Å². The summed E-state index contributed by atoms with van der Waals surface area (Å²) in [4.78, 5) is 15.0. The summed E-state index contributed by atoms with van der Waals surface area (Å²) in [5.74, 6) is 1.80. The predicted octanol–water partition coefficient (Wildman–Crippen LogP) is 14.1. The molecule has 0 atom stereocenters. The second kappa shape index (κ2) is 13.3. The van der Waals surface area contributed by atoms with E-state index in [4.69, 9.17) is 19.4 Å². The standard InChI is InChI=1S/C51H31N3OS/c1-4-14-32(15-5-1)35-20-12-21-36(28-35)38-30-42(47-40-22-10-11-25-45(40)56-46(47)31-38)37-26-27-44-43(29-37)39-23-13-24-41(48(39)55-44)51-53-49(33-16-6-2-7-17-33)52-50(54-51)34-18-8-3-9-19-34/h1-31H. The van der Waals surface area contributed by atoms with Crippen LogP contribution in [0.5, 0.6) is 0 Å². The molecule has 0 aliphatic heterocycles. The van der Waals surface area contributed by atoms with Gasteiger partial charge >= 0.3 is 0 Å². The lowest BCUT2D eigenvalue weighted by molar-refractivity contribution is 0.669. The second-order valence-corrected chi connectivity index (χ2v) is 15.1. The Labute approximate surface area is 327 Å². The Morgan fingerprint density at radius 2 is 0.929 bits per heavy atom. The molecule has 0 aliphatic carbocycles. The lowest BCUT2D eigenvalue weighted by atomic mass is 9.92. The van der Waals surface area contributed by atoms with Gasteiger partial charge in [0.15, 0.2) is 17.5 Å². The highest BCUT2D eigenvalue weighted by molar-refractivity contribution is 7.26. The van der Waals surface area contributed by atoms with Crippen molar-refractivity contribution in [2.24, 2.45) is 0 Å². The molecule has 0 bridgehead atoms. The molecule has 4 nitrogen and oxygen atoms in total. The number of furan rings is 1. The molecule has 0 saturated carbocycles. The van der Waals surface area contributed by atoms with Crippen LogP contribution in [-0.2, 0) is 0 Å². The maximum atomic E-state index is 6.71. The molecule has 0 saturated heterocycles. The fourth-order valence-electron chi connectivity index (χ4n) is 7.83. The lowest BCUT2D eigenvalue weighted by Gasteiger charge is -2.11. The molecule has 0 fully saturated rings. The molecular formula is C51H31N3OS. The van der Waals surface area contributed by atoms with Gasteiger partial charge in [-0.2, -0.15) is 0 Å². The summed E-state index contributed by atoms with van der Waals surface area (Å²) < 4.78 is 9.26. The Morgan fingerprint density at radius 1 is 0.339 bits per heavy atom. The van der Waals surface area contributed by atoms with Crippen LogP contribution in [0.15, 0.2) is 192 Å². The van der Waals surface area contributed by atoms with E-state index in [0.29, 0.717) is 17.5 Å². The first-order valence-corrected chi connectivity index (χ1v) is 19.5. The minimum Gasteiger partial charge on any atom is -0.455 e. The van der Waals surface area contributed by atoms with E-state index >= 15 is 0 Å². The molecule has 0 N–H and O–H groups in total. The molecule has 0 amide bonds. The van der Waals surface area contributed by atoms with Crippen LogP contribution < -0.4 is 0 Å². The largest absolute Gasteiger partial charge is 0.455 e. The van der Waals surface area contributed by atoms with E-state index in [-0.39, 0.29) is 0 Å². The minimum atomic E-state index is 0.569. The molecular weight excluding hydrogens is 703 g/mol. The second-order valence-electron chi connectivity index (χ2n) is 14.0. The Bertz CT molecular complexity index is 3180. The molecule has 56 heavy (non-hydrogen) atoms. The van der Waals surface area contributed by atoms with Gasteiger partial charge < -0.3 is 4.42 Å². The molecule has 3 aromatic heterocycles. The minimum absolute atomic E-state index is 0.569. The maximum absolute atomic E-state index is 6.71. The van der Waals surface area contributed by atoms with Crippen LogP contribution in [0.4, 0.5) is 0 Å². The predicted molar refractivity (Wildman–Crippen MR) is 233 cm³/mol. The lowest BCUT2D eigenvalue weighted by Crippen LogP contribution is -2.00. The van der Waals surface area contributed by atoms with Crippen molar-refractivity contribution in [2.75, 3.05) is 0 Å². The monoisotopic (exact) mass is 733 g/mol. The number of nitrogens with zero attached hydrogens (tertiary/aromatic N) is 3. The molecule has 3 heterocycles. The van der Waals surface area contributed by atoms with E-state index in [1.54, 1.807) is 0 Å². The summed E-state index contributed by atoms with van der Waals surface area (Å²) in [6.45, 7) is 0. The average molecular weight is 734 g/mol. The molecule has 0 spiro atoms. The van der Waals surface area contributed by atoms with Gasteiger partial charge in [-0.3, -0.25) is 0 Å². The fourth-order valence-corrected chi connectivity index (χ4v) is 9.00. The van der Waals surface area contributed by atoms with Crippen molar-refractivity contribution in [2.45, 2.75) is 0 Å². The van der Waals surface area contributed by atoms with Crippen molar-refractivity contribution >= 4 is 53.4 Å². The van der Waals surface area contributed by atoms with E-state index < -0.39 is 0 Å². The Kier molecular flexibility index (Phi) is 7.64. The number of rotatable bonds is 6. The zero-order valence-electron chi connectivity index (χ0n) is 30.1. The topological polar surface area (TPSA) is 51.8 Å². The molecule has 5 heteroatoms. The highest BCUT2D eigenvalue weighted by Crippen LogP contribution is 2.45. The van der Waals surface area contributed by atoms with Crippen LogP contribution in [-0.4, -0.2) is 15.0 Å². The van der Waals surface area contributed by atoms with Gasteiger partial charge in [0.25, 0.3) is 0 Å². The van der Waals surface area contributed by atoms with Crippen molar-refractivity contribution in [1.82, 2.24) is 15.0 Å². The summed E-state index contributed by atoms with van der Waals surface area (Å²) in [6.07, 6.45) is 0. The Hall–Kier alpha value is -7.21. The quantitative estimate of drug-likeness (QED) is 0.171. The summed E-state index contributed by atoms with van der Waals surface area (Å²) >= 11 is 1.85. The molecule has 0 unspecified atom stereocenters. The number of thiophene rings is 1. The average Bonchev–Trinajstić information content (AvgIpc) is 3.85. The van der Waals surface area contributed by atoms with Crippen molar-refractivity contribution in [3.63, 3.8) is 0 Å². The third-order valence-corrected chi connectivity index (χ3v) is 11.6. The van der Waals surface area contributed by atoms with Crippen molar-refractivity contribution in [3.8, 4) is 67.5 Å². The number of para-hydroxylation sites is 1. The first-order valence-electron chi connectivity index (χ1n) is 18.7. The van der Waals surface area contributed by atoms with E-state index in [9.17, 15) is 0 Å². The zero-order chi connectivity index (χ0) is 37.0. The first-order chi connectivity index (χ1) is 27.7. The number of benzene rings is 8. The van der Waals surface area contributed by atoms with E-state index in [0.717, 1.165) is 44.2 Å². The summed E-state index contributed by atoms with van der Waals surface area (Å²) in [5.41, 5.74) is 11.4. The zero-order valence-corrected chi connectivity index (χ0v) is 30.9.